The van der Waals surface area contributed by atoms with Crippen LogP contribution in [-0.4, -0.2) is 15.5 Å². The zero-order valence-corrected chi connectivity index (χ0v) is 17.1. The van der Waals surface area contributed by atoms with Gasteiger partial charge < -0.3 is 9.15 Å². The van der Waals surface area contributed by atoms with Crippen LogP contribution in [0, 0.1) is 0 Å². The number of benzene rings is 2. The van der Waals surface area contributed by atoms with Crippen molar-refractivity contribution in [2.24, 2.45) is 0 Å². The van der Waals surface area contributed by atoms with Gasteiger partial charge in [-0.25, -0.2) is 4.42 Å². The van der Waals surface area contributed by atoms with Crippen molar-refractivity contribution < 1.29 is 9.15 Å². The Morgan fingerprint density at radius 1 is 1.07 bits per heavy atom. The van der Waals surface area contributed by atoms with E-state index in [2.05, 4.69) is 0 Å². The lowest BCUT2D eigenvalue weighted by Crippen LogP contribution is -2.16. The Balaban J connectivity index is 1.44. The van der Waals surface area contributed by atoms with E-state index in [1.807, 2.05) is 54.6 Å². The lowest BCUT2D eigenvalue weighted by atomic mass is 10.1. The summed E-state index contributed by atoms with van der Waals surface area (Å²) < 4.78 is 15.2. The van der Waals surface area contributed by atoms with Gasteiger partial charge in [-0.05, 0) is 48.0 Å². The van der Waals surface area contributed by atoms with Gasteiger partial charge in [0.2, 0.25) is 0 Å². The van der Waals surface area contributed by atoms with E-state index in [1.165, 1.54) is 6.07 Å². The summed E-state index contributed by atoms with van der Waals surface area (Å²) in [6, 6.07) is 19.0. The van der Waals surface area contributed by atoms with Crippen LogP contribution >= 0.6 is 11.8 Å². The van der Waals surface area contributed by atoms with Gasteiger partial charge in [0.1, 0.15) is 23.7 Å². The van der Waals surface area contributed by atoms with Crippen LogP contribution in [0.15, 0.2) is 76.1 Å². The van der Waals surface area contributed by atoms with E-state index < -0.39 is 0 Å². The first-order valence-corrected chi connectivity index (χ1v) is 10.4. The minimum absolute atomic E-state index is 0.145. The summed E-state index contributed by atoms with van der Waals surface area (Å²) in [6.45, 7) is 1.89. The molecule has 0 bridgehead atoms. The van der Waals surface area contributed by atoms with E-state index >= 15 is 0 Å². The Hall–Kier alpha value is -3.02. The van der Waals surface area contributed by atoms with E-state index in [-0.39, 0.29) is 5.56 Å². The molecule has 1 aliphatic rings. The minimum Gasteiger partial charge on any atom is -0.489 e. The molecule has 0 amide bonds. The van der Waals surface area contributed by atoms with E-state index in [4.69, 9.17) is 20.9 Å². The third kappa shape index (κ3) is 3.74. The monoisotopic (exact) mass is 420 g/mol. The van der Waals surface area contributed by atoms with E-state index in [9.17, 15) is 4.79 Å². The molecule has 0 fully saturated rings. The molecule has 0 saturated heterocycles. The Kier molecular flexibility index (Phi) is 5.07. The number of hydrogen-bond donors (Lipinski definition) is 0. The van der Waals surface area contributed by atoms with Crippen molar-refractivity contribution in [3.05, 3.63) is 94.1 Å². The summed E-state index contributed by atoms with van der Waals surface area (Å²) in [5, 5.41) is 1.01. The van der Waals surface area contributed by atoms with Crippen LogP contribution in [-0.2, 0) is 19.6 Å². The lowest BCUT2D eigenvalue weighted by Gasteiger charge is -2.10. The summed E-state index contributed by atoms with van der Waals surface area (Å²) in [6.07, 6.45) is 3.58. The predicted molar refractivity (Wildman–Crippen MR) is 117 cm³/mol. The fourth-order valence-corrected chi connectivity index (χ4v) is 4.12. The van der Waals surface area contributed by atoms with Gasteiger partial charge in [0.15, 0.2) is 0 Å². The van der Waals surface area contributed by atoms with Gasteiger partial charge in [-0.15, -0.1) is 0 Å². The number of rotatable bonds is 4. The summed E-state index contributed by atoms with van der Waals surface area (Å²) in [7, 11) is 0. The third-order valence-corrected chi connectivity index (χ3v) is 5.70. The van der Waals surface area contributed by atoms with Crippen LogP contribution < -0.4 is 10.3 Å². The number of fused-ring (bicyclic) bond motifs is 3. The summed E-state index contributed by atoms with van der Waals surface area (Å²) in [5.74, 6) is 1.54. The standard InChI is InChI=1S/C24H21ClN2O3/c25-26-11-4-7-22-21(15-26)20-13-18(8-9-23(20)30-22)27-12-10-19(14-24(27)28)29-16-17-5-2-1-3-6-17/h1-3,5-6,8-10,12-14H,4,7,11,15-16H2. The maximum absolute atomic E-state index is 12.8. The van der Waals surface area contributed by atoms with Gasteiger partial charge in [0.25, 0.3) is 5.56 Å². The molecule has 5 rings (SSSR count). The first kappa shape index (κ1) is 19.0. The van der Waals surface area contributed by atoms with Crippen LogP contribution in [0.1, 0.15) is 23.3 Å². The Bertz CT molecular complexity index is 1250. The Labute approximate surface area is 179 Å². The second-order valence-corrected chi connectivity index (χ2v) is 7.96. The molecule has 0 aliphatic carbocycles. The van der Waals surface area contributed by atoms with E-state index in [1.54, 1.807) is 15.2 Å². The highest BCUT2D eigenvalue weighted by Gasteiger charge is 2.20. The molecular weight excluding hydrogens is 400 g/mol. The SMILES string of the molecule is O=c1cc(OCc2ccccc2)ccn1-c1ccc2oc3c(c2c1)CN(Cl)CCC3. The number of pyridine rings is 1. The zero-order valence-electron chi connectivity index (χ0n) is 16.4. The van der Waals surface area contributed by atoms with Gasteiger partial charge in [0, 0.05) is 48.4 Å². The van der Waals surface area contributed by atoms with Crippen LogP contribution in [0.3, 0.4) is 0 Å². The number of aryl methyl sites for hydroxylation is 1. The van der Waals surface area contributed by atoms with Gasteiger partial charge in [-0.1, -0.05) is 30.3 Å². The average Bonchev–Trinajstić information content (AvgIpc) is 2.98. The van der Waals surface area contributed by atoms with Gasteiger partial charge in [-0.3, -0.25) is 9.36 Å². The van der Waals surface area contributed by atoms with Gasteiger partial charge in [-0.2, -0.15) is 0 Å². The highest BCUT2D eigenvalue weighted by Crippen LogP contribution is 2.32. The topological polar surface area (TPSA) is 47.6 Å². The van der Waals surface area contributed by atoms with Crippen molar-refractivity contribution in [2.45, 2.75) is 26.0 Å². The van der Waals surface area contributed by atoms with Crippen LogP contribution in [0.5, 0.6) is 5.75 Å². The van der Waals surface area contributed by atoms with Crippen molar-refractivity contribution in [1.82, 2.24) is 8.99 Å². The molecular formula is C24H21ClN2O3. The second-order valence-electron chi connectivity index (χ2n) is 7.48. The molecule has 152 valence electrons. The van der Waals surface area contributed by atoms with Crippen molar-refractivity contribution in [3.63, 3.8) is 0 Å². The van der Waals surface area contributed by atoms with E-state index in [0.29, 0.717) is 18.9 Å². The summed E-state index contributed by atoms with van der Waals surface area (Å²) in [4.78, 5) is 12.8. The maximum Gasteiger partial charge on any atom is 0.258 e. The minimum atomic E-state index is -0.145. The molecule has 3 heterocycles. The maximum atomic E-state index is 12.8. The molecule has 6 heteroatoms. The van der Waals surface area contributed by atoms with Crippen LogP contribution in [0.4, 0.5) is 0 Å². The lowest BCUT2D eigenvalue weighted by molar-refractivity contribution is 0.305. The van der Waals surface area contributed by atoms with Crippen LogP contribution in [0.2, 0.25) is 0 Å². The number of furan rings is 1. The fourth-order valence-electron chi connectivity index (χ4n) is 3.88. The highest BCUT2D eigenvalue weighted by atomic mass is 35.5. The summed E-state index contributed by atoms with van der Waals surface area (Å²) in [5.41, 5.74) is 3.63. The van der Waals surface area contributed by atoms with Gasteiger partial charge >= 0.3 is 0 Å². The van der Waals surface area contributed by atoms with E-state index in [0.717, 1.165) is 52.9 Å². The Morgan fingerprint density at radius 2 is 1.93 bits per heavy atom. The first-order chi connectivity index (χ1) is 14.7. The molecule has 0 N–H and O–H groups in total. The Morgan fingerprint density at radius 3 is 2.77 bits per heavy atom. The third-order valence-electron chi connectivity index (χ3n) is 5.41. The molecule has 1 aliphatic heterocycles. The van der Waals surface area contributed by atoms with Crippen LogP contribution in [0.25, 0.3) is 16.7 Å². The van der Waals surface area contributed by atoms with Crippen molar-refractivity contribution in [3.8, 4) is 11.4 Å². The fraction of sp³-hybridized carbons (Fsp3) is 0.208. The number of ether oxygens (including phenoxy) is 1. The molecule has 0 unspecified atom stereocenters. The van der Waals surface area contributed by atoms with Crippen molar-refractivity contribution in [2.75, 3.05) is 6.54 Å². The van der Waals surface area contributed by atoms with Crippen molar-refractivity contribution in [1.29, 1.82) is 0 Å². The zero-order chi connectivity index (χ0) is 20.5. The normalized spacial score (nSPS) is 14.4. The quantitative estimate of drug-likeness (QED) is 0.433. The highest BCUT2D eigenvalue weighted by molar-refractivity contribution is 6.13. The first-order valence-electron chi connectivity index (χ1n) is 10.0. The number of hydrogen-bond acceptors (Lipinski definition) is 4. The second kappa shape index (κ2) is 8.01. The molecule has 0 saturated carbocycles. The molecule has 4 aromatic rings. The summed E-state index contributed by atoms with van der Waals surface area (Å²) >= 11 is 6.30. The average molecular weight is 421 g/mol. The molecule has 0 atom stereocenters. The smallest absolute Gasteiger partial charge is 0.258 e. The molecule has 0 spiro atoms. The molecule has 5 nitrogen and oxygen atoms in total. The molecule has 0 radical (unpaired) electrons. The van der Waals surface area contributed by atoms with Crippen molar-refractivity contribution >= 4 is 22.7 Å². The molecule has 2 aromatic carbocycles. The largest absolute Gasteiger partial charge is 0.489 e. The number of halogens is 1. The van der Waals surface area contributed by atoms with Gasteiger partial charge in [0.05, 0.1) is 0 Å². The molecule has 30 heavy (non-hydrogen) atoms. The number of nitrogens with zero attached hydrogens (tertiary/aromatic N) is 2. The molecule has 2 aromatic heterocycles. The predicted octanol–water partition coefficient (Wildman–Crippen LogP) is 5.06. The number of aromatic nitrogens is 1.